The summed E-state index contributed by atoms with van der Waals surface area (Å²) in [4.78, 5) is 25.9. The van der Waals surface area contributed by atoms with Crippen molar-refractivity contribution >= 4 is 11.6 Å². The van der Waals surface area contributed by atoms with Crippen LogP contribution in [0, 0.1) is 38.5 Å². The second-order valence-corrected chi connectivity index (χ2v) is 8.16. The second kappa shape index (κ2) is 7.41. The number of hydrogen-bond acceptors (Lipinski definition) is 3. The topological polar surface area (TPSA) is 43.4 Å². The molecule has 0 radical (unpaired) electrons. The highest BCUT2D eigenvalue weighted by Crippen LogP contribution is 2.40. The molecule has 0 spiro atoms. The number of ether oxygens (including phenoxy) is 1. The van der Waals surface area contributed by atoms with E-state index < -0.39 is 5.92 Å². The first kappa shape index (κ1) is 18.3. The number of hydrogen-bond donors (Lipinski definition) is 0. The molecule has 2 aliphatic rings. The maximum atomic E-state index is 12.9. The van der Waals surface area contributed by atoms with Crippen molar-refractivity contribution in [3.05, 3.63) is 34.4 Å². The SMILES string of the molecule is Cc1cc(C)c(C2C(=O)CC(C(C)C3CCOCC3)CC2=O)c(C)c1. The van der Waals surface area contributed by atoms with E-state index in [9.17, 15) is 9.59 Å². The molecule has 1 unspecified atom stereocenters. The zero-order valence-electron chi connectivity index (χ0n) is 15.9. The van der Waals surface area contributed by atoms with Gasteiger partial charge in [-0.05, 0) is 68.1 Å². The Balaban J connectivity index is 1.79. The molecule has 1 heterocycles. The summed E-state index contributed by atoms with van der Waals surface area (Å²) in [6.45, 7) is 9.95. The maximum Gasteiger partial charge on any atom is 0.148 e. The van der Waals surface area contributed by atoms with Gasteiger partial charge in [0.15, 0.2) is 0 Å². The summed E-state index contributed by atoms with van der Waals surface area (Å²) in [7, 11) is 0. The molecule has 0 N–H and O–H groups in total. The molecule has 2 fully saturated rings. The van der Waals surface area contributed by atoms with Crippen LogP contribution < -0.4 is 0 Å². The van der Waals surface area contributed by atoms with Gasteiger partial charge in [-0.1, -0.05) is 24.6 Å². The monoisotopic (exact) mass is 342 g/mol. The Morgan fingerprint density at radius 2 is 1.44 bits per heavy atom. The van der Waals surface area contributed by atoms with Gasteiger partial charge in [-0.2, -0.15) is 0 Å². The zero-order chi connectivity index (χ0) is 18.1. The lowest BCUT2D eigenvalue weighted by atomic mass is 9.67. The average molecular weight is 342 g/mol. The largest absolute Gasteiger partial charge is 0.381 e. The van der Waals surface area contributed by atoms with Gasteiger partial charge in [-0.15, -0.1) is 0 Å². The number of ketones is 2. The van der Waals surface area contributed by atoms with Gasteiger partial charge >= 0.3 is 0 Å². The molecule has 3 nitrogen and oxygen atoms in total. The molecule has 3 heteroatoms. The average Bonchev–Trinajstić information content (AvgIpc) is 2.56. The Hall–Kier alpha value is -1.48. The number of aryl methyl sites for hydroxylation is 3. The highest BCUT2D eigenvalue weighted by Gasteiger charge is 2.41. The van der Waals surface area contributed by atoms with E-state index in [4.69, 9.17) is 4.74 Å². The molecule has 1 saturated carbocycles. The van der Waals surface area contributed by atoms with E-state index in [1.165, 1.54) is 5.56 Å². The second-order valence-electron chi connectivity index (χ2n) is 8.16. The molecular weight excluding hydrogens is 312 g/mol. The summed E-state index contributed by atoms with van der Waals surface area (Å²) < 4.78 is 5.46. The number of carbonyl (C=O) groups is 2. The number of benzene rings is 1. The van der Waals surface area contributed by atoms with Crippen LogP contribution in [0.1, 0.15) is 60.8 Å². The summed E-state index contributed by atoms with van der Waals surface area (Å²) in [5, 5.41) is 0. The van der Waals surface area contributed by atoms with Gasteiger partial charge in [0.2, 0.25) is 0 Å². The summed E-state index contributed by atoms with van der Waals surface area (Å²) in [6.07, 6.45) is 3.20. The van der Waals surface area contributed by atoms with Gasteiger partial charge in [0.05, 0.1) is 0 Å². The van der Waals surface area contributed by atoms with Gasteiger partial charge in [0.25, 0.3) is 0 Å². The van der Waals surface area contributed by atoms with Crippen molar-refractivity contribution in [3.63, 3.8) is 0 Å². The Kier molecular flexibility index (Phi) is 5.43. The summed E-state index contributed by atoms with van der Waals surface area (Å²) in [6, 6.07) is 4.17. The molecule has 136 valence electrons. The molecule has 1 aliphatic carbocycles. The lowest BCUT2D eigenvalue weighted by molar-refractivity contribution is -0.135. The van der Waals surface area contributed by atoms with E-state index in [0.717, 1.165) is 42.7 Å². The zero-order valence-corrected chi connectivity index (χ0v) is 15.9. The minimum atomic E-state index is -0.543. The van der Waals surface area contributed by atoms with Crippen LogP contribution in [0.3, 0.4) is 0 Å². The normalized spacial score (nSPS) is 26.7. The fraction of sp³-hybridized carbons (Fsp3) is 0.636. The van der Waals surface area contributed by atoms with E-state index in [2.05, 4.69) is 26.0 Å². The van der Waals surface area contributed by atoms with Gasteiger partial charge in [-0.3, -0.25) is 9.59 Å². The molecule has 1 aromatic carbocycles. The Morgan fingerprint density at radius 3 is 1.96 bits per heavy atom. The molecule has 3 rings (SSSR count). The van der Waals surface area contributed by atoms with Crippen LogP contribution in [0.4, 0.5) is 0 Å². The van der Waals surface area contributed by atoms with Gasteiger partial charge in [-0.25, -0.2) is 0 Å². The first-order valence-corrected chi connectivity index (χ1v) is 9.59. The fourth-order valence-corrected chi connectivity index (χ4v) is 4.97. The Labute approximate surface area is 151 Å². The van der Waals surface area contributed by atoms with Crippen molar-refractivity contribution in [2.75, 3.05) is 13.2 Å². The Bertz CT molecular complexity index is 629. The van der Waals surface area contributed by atoms with Gasteiger partial charge < -0.3 is 4.74 Å². The van der Waals surface area contributed by atoms with Crippen molar-refractivity contribution < 1.29 is 14.3 Å². The van der Waals surface area contributed by atoms with E-state index in [1.54, 1.807) is 0 Å². The number of carbonyl (C=O) groups excluding carboxylic acids is 2. The number of rotatable bonds is 3. The summed E-state index contributed by atoms with van der Waals surface area (Å²) in [5.74, 6) is 0.895. The predicted molar refractivity (Wildman–Crippen MR) is 98.8 cm³/mol. The first-order chi connectivity index (χ1) is 11.9. The molecule has 1 aliphatic heterocycles. The van der Waals surface area contributed by atoms with Crippen molar-refractivity contribution in [1.29, 1.82) is 0 Å². The van der Waals surface area contributed by atoms with Crippen LogP contribution in [-0.4, -0.2) is 24.8 Å². The molecule has 0 aromatic heterocycles. The molecule has 0 amide bonds. The highest BCUT2D eigenvalue weighted by atomic mass is 16.5. The fourth-order valence-electron chi connectivity index (χ4n) is 4.97. The molecule has 1 atom stereocenters. The molecular formula is C22H30O3. The van der Waals surface area contributed by atoms with E-state index in [1.807, 2.05) is 13.8 Å². The summed E-state index contributed by atoms with van der Waals surface area (Å²) >= 11 is 0. The van der Waals surface area contributed by atoms with Crippen LogP contribution in [-0.2, 0) is 14.3 Å². The minimum Gasteiger partial charge on any atom is -0.381 e. The van der Waals surface area contributed by atoms with Crippen LogP contribution in [0.15, 0.2) is 12.1 Å². The summed E-state index contributed by atoms with van der Waals surface area (Å²) in [5.41, 5.74) is 4.28. The van der Waals surface area contributed by atoms with Crippen LogP contribution >= 0.6 is 0 Å². The van der Waals surface area contributed by atoms with Crippen LogP contribution in [0.25, 0.3) is 0 Å². The molecule has 25 heavy (non-hydrogen) atoms. The van der Waals surface area contributed by atoms with E-state index in [-0.39, 0.29) is 17.5 Å². The van der Waals surface area contributed by atoms with Crippen molar-refractivity contribution in [1.82, 2.24) is 0 Å². The first-order valence-electron chi connectivity index (χ1n) is 9.59. The standard InChI is InChI=1S/C22H30O3/c1-13-9-14(2)21(15(3)10-13)22-19(23)11-18(12-20(22)24)16(4)17-5-7-25-8-6-17/h9-10,16-18,22H,5-8,11-12H2,1-4H3. The molecule has 0 bridgehead atoms. The van der Waals surface area contributed by atoms with Crippen LogP contribution in [0.2, 0.25) is 0 Å². The third-order valence-electron chi connectivity index (χ3n) is 6.35. The molecule has 1 aromatic rings. The third kappa shape index (κ3) is 3.72. The quantitative estimate of drug-likeness (QED) is 0.769. The van der Waals surface area contributed by atoms with Crippen molar-refractivity contribution in [3.8, 4) is 0 Å². The lowest BCUT2D eigenvalue weighted by Gasteiger charge is -2.36. The van der Waals surface area contributed by atoms with Crippen LogP contribution in [0.5, 0.6) is 0 Å². The molecule has 1 saturated heterocycles. The van der Waals surface area contributed by atoms with Crippen molar-refractivity contribution in [2.45, 2.75) is 59.3 Å². The van der Waals surface area contributed by atoms with E-state index in [0.29, 0.717) is 24.7 Å². The minimum absolute atomic E-state index is 0.121. The van der Waals surface area contributed by atoms with Gasteiger partial charge in [0.1, 0.15) is 17.5 Å². The number of Topliss-reactive ketones (excluding diaryl/α,β-unsaturated/α-hetero) is 2. The predicted octanol–water partition coefficient (Wildman–Crippen LogP) is 4.31. The maximum absolute atomic E-state index is 12.9. The Morgan fingerprint density at radius 1 is 0.920 bits per heavy atom. The van der Waals surface area contributed by atoms with Gasteiger partial charge in [0, 0.05) is 26.1 Å². The van der Waals surface area contributed by atoms with E-state index >= 15 is 0 Å². The lowest BCUT2D eigenvalue weighted by Crippen LogP contribution is -2.37. The van der Waals surface area contributed by atoms with Crippen molar-refractivity contribution in [2.24, 2.45) is 17.8 Å². The smallest absolute Gasteiger partial charge is 0.148 e. The third-order valence-corrected chi connectivity index (χ3v) is 6.35. The highest BCUT2D eigenvalue weighted by molar-refractivity contribution is 6.10.